The molecule has 106 valence electrons. The molecule has 1 aromatic heterocycles. The van der Waals surface area contributed by atoms with Gasteiger partial charge in [-0.25, -0.2) is 13.4 Å². The number of aromatic nitrogens is 2. The zero-order valence-electron chi connectivity index (χ0n) is 10.8. The molecule has 0 atom stereocenters. The molecule has 1 spiro atoms. The molecule has 2 fully saturated rings. The van der Waals surface area contributed by atoms with E-state index in [1.54, 1.807) is 17.8 Å². The molecule has 1 aromatic rings. The third-order valence-corrected chi connectivity index (χ3v) is 6.79. The lowest BCUT2D eigenvalue weighted by Crippen LogP contribution is -2.45. The lowest BCUT2D eigenvalue weighted by Gasteiger charge is -2.36. The average molecular weight is 303 g/mol. The second-order valence-corrected chi connectivity index (χ2v) is 8.21. The highest BCUT2D eigenvalue weighted by atomic mass is 32.2. The number of hydrogen-bond acceptors (Lipinski definition) is 5. The van der Waals surface area contributed by atoms with Crippen molar-refractivity contribution in [1.82, 2.24) is 13.9 Å². The summed E-state index contributed by atoms with van der Waals surface area (Å²) in [5.74, 6) is 1.01. The fraction of sp³-hybridized carbons (Fsp3) is 0.727. The summed E-state index contributed by atoms with van der Waals surface area (Å²) in [6.07, 6.45) is 4.56. The molecule has 6 nitrogen and oxygen atoms in total. The van der Waals surface area contributed by atoms with Crippen LogP contribution in [0.1, 0.15) is 12.8 Å². The van der Waals surface area contributed by atoms with Crippen LogP contribution < -0.4 is 0 Å². The number of sulfonamides is 1. The van der Waals surface area contributed by atoms with Gasteiger partial charge in [-0.2, -0.15) is 4.31 Å². The van der Waals surface area contributed by atoms with E-state index in [0.717, 1.165) is 25.2 Å². The van der Waals surface area contributed by atoms with E-state index in [1.807, 2.05) is 11.8 Å². The van der Waals surface area contributed by atoms with Gasteiger partial charge in [0.15, 0.2) is 5.03 Å². The Labute approximate surface area is 117 Å². The monoisotopic (exact) mass is 303 g/mol. The number of rotatable bonds is 2. The molecule has 0 amide bonds. The van der Waals surface area contributed by atoms with Crippen molar-refractivity contribution < 1.29 is 13.2 Å². The van der Waals surface area contributed by atoms with Crippen molar-refractivity contribution in [2.24, 2.45) is 7.05 Å². The first-order valence-electron chi connectivity index (χ1n) is 6.28. The Morgan fingerprint density at radius 1 is 1.42 bits per heavy atom. The fourth-order valence-electron chi connectivity index (χ4n) is 2.51. The largest absolute Gasteiger partial charge is 0.363 e. The maximum absolute atomic E-state index is 12.4. The molecule has 0 N–H and O–H groups in total. The average Bonchev–Trinajstić information content (AvgIpc) is 3.00. The predicted octanol–water partition coefficient (Wildman–Crippen LogP) is 0.664. The molecular weight excluding hydrogens is 286 g/mol. The molecule has 8 heteroatoms. The van der Waals surface area contributed by atoms with Crippen molar-refractivity contribution in [3.63, 3.8) is 0 Å². The normalized spacial score (nSPS) is 24.1. The molecule has 0 bridgehead atoms. The third kappa shape index (κ3) is 2.42. The van der Waals surface area contributed by atoms with Crippen LogP contribution in [0, 0.1) is 0 Å². The van der Waals surface area contributed by atoms with Crippen LogP contribution in [0.15, 0.2) is 17.6 Å². The third-order valence-electron chi connectivity index (χ3n) is 3.58. The van der Waals surface area contributed by atoms with Gasteiger partial charge in [0.1, 0.15) is 4.93 Å². The first-order chi connectivity index (χ1) is 9.02. The van der Waals surface area contributed by atoms with Crippen LogP contribution >= 0.6 is 11.8 Å². The van der Waals surface area contributed by atoms with Crippen LogP contribution in [0.3, 0.4) is 0 Å². The van der Waals surface area contributed by atoms with E-state index in [-0.39, 0.29) is 9.96 Å². The van der Waals surface area contributed by atoms with Gasteiger partial charge in [0, 0.05) is 32.1 Å². The summed E-state index contributed by atoms with van der Waals surface area (Å²) in [5.41, 5.74) is 0. The van der Waals surface area contributed by atoms with E-state index < -0.39 is 10.0 Å². The zero-order valence-corrected chi connectivity index (χ0v) is 12.4. The van der Waals surface area contributed by atoms with E-state index in [9.17, 15) is 8.42 Å². The number of imidazole rings is 1. The van der Waals surface area contributed by atoms with Crippen LogP contribution in [0.4, 0.5) is 0 Å². The number of ether oxygens (including phenoxy) is 1. The number of nitrogens with zero attached hydrogens (tertiary/aromatic N) is 3. The van der Waals surface area contributed by atoms with Crippen LogP contribution in [-0.2, 0) is 21.8 Å². The van der Waals surface area contributed by atoms with Gasteiger partial charge < -0.3 is 9.30 Å². The quantitative estimate of drug-likeness (QED) is 0.803. The van der Waals surface area contributed by atoms with Crippen LogP contribution in [0.5, 0.6) is 0 Å². The maximum Gasteiger partial charge on any atom is 0.262 e. The summed E-state index contributed by atoms with van der Waals surface area (Å²) in [6, 6.07) is 0. The van der Waals surface area contributed by atoms with Crippen molar-refractivity contribution in [3.05, 3.63) is 12.5 Å². The molecule has 2 aliphatic heterocycles. The van der Waals surface area contributed by atoms with Crippen molar-refractivity contribution in [2.75, 3.05) is 25.4 Å². The molecule has 19 heavy (non-hydrogen) atoms. The highest BCUT2D eigenvalue weighted by Gasteiger charge is 2.42. The number of aryl methyl sites for hydroxylation is 1. The van der Waals surface area contributed by atoms with Crippen molar-refractivity contribution in [1.29, 1.82) is 0 Å². The standard InChI is InChI=1S/C11H17N3O3S2/c1-13-8-10(12-9-13)19(15,16)14-4-2-11(3-5-14)17-6-7-18-11/h8-9H,2-7H2,1H3. The van der Waals surface area contributed by atoms with Gasteiger partial charge in [0.05, 0.1) is 12.9 Å². The smallest absolute Gasteiger partial charge is 0.262 e. The molecule has 0 saturated carbocycles. The maximum atomic E-state index is 12.4. The summed E-state index contributed by atoms with van der Waals surface area (Å²) in [6.45, 7) is 1.79. The first-order valence-corrected chi connectivity index (χ1v) is 8.70. The minimum atomic E-state index is -3.45. The van der Waals surface area contributed by atoms with Crippen LogP contribution in [-0.4, -0.2) is 52.7 Å². The second kappa shape index (κ2) is 4.76. The Morgan fingerprint density at radius 2 is 2.16 bits per heavy atom. The molecule has 2 saturated heterocycles. The summed E-state index contributed by atoms with van der Waals surface area (Å²) < 4.78 is 33.8. The molecule has 0 aliphatic carbocycles. The van der Waals surface area contributed by atoms with Gasteiger partial charge in [0.25, 0.3) is 10.0 Å². The Bertz CT molecular complexity index is 553. The van der Waals surface area contributed by atoms with Gasteiger partial charge in [-0.15, -0.1) is 11.8 Å². The molecule has 0 unspecified atom stereocenters. The van der Waals surface area contributed by atoms with Crippen molar-refractivity contribution >= 4 is 21.8 Å². The second-order valence-electron chi connectivity index (χ2n) is 4.89. The van der Waals surface area contributed by atoms with E-state index >= 15 is 0 Å². The number of hydrogen-bond donors (Lipinski definition) is 0. The summed E-state index contributed by atoms with van der Waals surface area (Å²) in [7, 11) is -1.69. The highest BCUT2D eigenvalue weighted by Crippen LogP contribution is 2.42. The summed E-state index contributed by atoms with van der Waals surface area (Å²) in [4.78, 5) is 3.81. The molecule has 0 aromatic carbocycles. The van der Waals surface area contributed by atoms with Gasteiger partial charge in [0.2, 0.25) is 0 Å². The lowest BCUT2D eigenvalue weighted by molar-refractivity contribution is 0.0161. The Hall–Kier alpha value is -0.570. The molecule has 3 rings (SSSR count). The Balaban J connectivity index is 1.74. The minimum absolute atomic E-state index is 0.131. The Kier molecular flexibility index (Phi) is 3.36. The van der Waals surface area contributed by atoms with Gasteiger partial charge >= 0.3 is 0 Å². The van der Waals surface area contributed by atoms with Gasteiger partial charge in [-0.1, -0.05) is 0 Å². The molecular formula is C11H17N3O3S2. The SMILES string of the molecule is Cn1cnc(S(=O)(=O)N2CCC3(CC2)OCCS3)c1. The van der Waals surface area contributed by atoms with Crippen molar-refractivity contribution in [3.8, 4) is 0 Å². The Morgan fingerprint density at radius 3 is 2.68 bits per heavy atom. The van der Waals surface area contributed by atoms with E-state index in [1.165, 1.54) is 10.6 Å². The van der Waals surface area contributed by atoms with Crippen LogP contribution in [0.25, 0.3) is 0 Å². The predicted molar refractivity (Wildman–Crippen MR) is 72.3 cm³/mol. The molecule has 2 aliphatic rings. The van der Waals surface area contributed by atoms with Gasteiger partial charge in [-0.3, -0.25) is 0 Å². The minimum Gasteiger partial charge on any atom is -0.363 e. The van der Waals surface area contributed by atoms with E-state index in [0.29, 0.717) is 13.1 Å². The first kappa shape index (κ1) is 13.4. The highest BCUT2D eigenvalue weighted by molar-refractivity contribution is 8.00. The topological polar surface area (TPSA) is 64.4 Å². The van der Waals surface area contributed by atoms with Gasteiger partial charge in [-0.05, 0) is 12.8 Å². The van der Waals surface area contributed by atoms with E-state index in [4.69, 9.17) is 4.74 Å². The number of thioether (sulfide) groups is 1. The molecule has 3 heterocycles. The summed E-state index contributed by atoms with van der Waals surface area (Å²) >= 11 is 1.81. The molecule has 0 radical (unpaired) electrons. The van der Waals surface area contributed by atoms with E-state index in [2.05, 4.69) is 4.98 Å². The van der Waals surface area contributed by atoms with Crippen molar-refractivity contribution in [2.45, 2.75) is 22.8 Å². The zero-order chi connectivity index (χ0) is 13.5. The fourth-order valence-corrected chi connectivity index (χ4v) is 5.09. The number of piperidine rings is 1. The van der Waals surface area contributed by atoms with Crippen LogP contribution in [0.2, 0.25) is 0 Å². The lowest BCUT2D eigenvalue weighted by atomic mass is 10.1. The summed E-state index contributed by atoms with van der Waals surface area (Å²) in [5, 5.41) is 0.131.